The van der Waals surface area contributed by atoms with Crippen molar-refractivity contribution in [3.8, 4) is 0 Å². The second kappa shape index (κ2) is 6.22. The topological polar surface area (TPSA) is 66.5 Å². The molecule has 1 N–H and O–H groups in total. The van der Waals surface area contributed by atoms with Gasteiger partial charge in [0.1, 0.15) is 0 Å². The molecule has 0 aromatic heterocycles. The average Bonchev–Trinajstić information content (AvgIpc) is 2.94. The first-order valence-electron chi connectivity index (χ1n) is 7.14. The molecule has 0 bridgehead atoms. The Morgan fingerprint density at radius 1 is 1.00 bits per heavy atom. The van der Waals surface area contributed by atoms with Gasteiger partial charge in [0.2, 0.25) is 5.91 Å². The monoisotopic (exact) mass is 350 g/mol. The van der Waals surface area contributed by atoms with Gasteiger partial charge in [-0.2, -0.15) is 0 Å². The first-order chi connectivity index (χ1) is 11.0. The van der Waals surface area contributed by atoms with Crippen LogP contribution in [0.2, 0.25) is 5.02 Å². The number of rotatable bonds is 4. The number of carbonyl (C=O) groups is 1. The summed E-state index contributed by atoms with van der Waals surface area (Å²) >= 11 is 5.77. The van der Waals surface area contributed by atoms with Gasteiger partial charge in [-0.05, 0) is 55.0 Å². The minimum Gasteiger partial charge on any atom is -0.312 e. The Bertz CT molecular complexity index is 817. The van der Waals surface area contributed by atoms with Crippen LogP contribution in [-0.4, -0.2) is 20.9 Å². The summed E-state index contributed by atoms with van der Waals surface area (Å²) in [6, 6.07) is 12.7. The lowest BCUT2D eigenvalue weighted by Gasteiger charge is -2.16. The third-order valence-corrected chi connectivity index (χ3v) is 5.28. The fourth-order valence-corrected chi connectivity index (χ4v) is 3.64. The van der Waals surface area contributed by atoms with E-state index in [1.165, 1.54) is 24.3 Å². The Hall–Kier alpha value is -2.05. The Labute approximate surface area is 139 Å². The van der Waals surface area contributed by atoms with Crippen molar-refractivity contribution in [1.82, 2.24) is 0 Å². The summed E-state index contributed by atoms with van der Waals surface area (Å²) in [4.78, 5) is 13.5. The van der Waals surface area contributed by atoms with Crippen LogP contribution in [0.3, 0.4) is 0 Å². The van der Waals surface area contributed by atoms with Crippen molar-refractivity contribution >= 4 is 38.9 Å². The van der Waals surface area contributed by atoms with Crippen molar-refractivity contribution in [2.75, 3.05) is 16.2 Å². The van der Waals surface area contributed by atoms with E-state index in [1.54, 1.807) is 29.2 Å². The lowest BCUT2D eigenvalue weighted by atomic mass is 10.2. The number of nitrogens with one attached hydrogen (secondary N) is 1. The van der Waals surface area contributed by atoms with Gasteiger partial charge in [-0.15, -0.1) is 0 Å². The van der Waals surface area contributed by atoms with Crippen LogP contribution < -0.4 is 9.62 Å². The first-order valence-corrected chi connectivity index (χ1v) is 9.01. The van der Waals surface area contributed by atoms with Gasteiger partial charge in [0, 0.05) is 29.4 Å². The van der Waals surface area contributed by atoms with E-state index in [4.69, 9.17) is 11.6 Å². The molecule has 120 valence electrons. The molecule has 1 aliphatic rings. The Balaban J connectivity index is 1.77. The maximum absolute atomic E-state index is 12.3. The van der Waals surface area contributed by atoms with Gasteiger partial charge in [-0.3, -0.25) is 9.52 Å². The normalized spacial score (nSPS) is 15.0. The van der Waals surface area contributed by atoms with Crippen LogP contribution in [0.1, 0.15) is 12.8 Å². The number of anilines is 2. The van der Waals surface area contributed by atoms with E-state index < -0.39 is 10.0 Å². The second-order valence-corrected chi connectivity index (χ2v) is 7.37. The number of sulfonamides is 1. The highest BCUT2D eigenvalue weighted by atomic mass is 35.5. The van der Waals surface area contributed by atoms with Crippen LogP contribution in [0.5, 0.6) is 0 Å². The Morgan fingerprint density at radius 2 is 1.65 bits per heavy atom. The first kappa shape index (κ1) is 15.8. The molecule has 23 heavy (non-hydrogen) atoms. The molecule has 3 rings (SSSR count). The maximum Gasteiger partial charge on any atom is 0.261 e. The minimum absolute atomic E-state index is 0.0968. The highest BCUT2D eigenvalue weighted by Crippen LogP contribution is 2.24. The van der Waals surface area contributed by atoms with Gasteiger partial charge in [-0.25, -0.2) is 8.42 Å². The summed E-state index contributed by atoms with van der Waals surface area (Å²) in [5.41, 5.74) is 1.22. The zero-order valence-corrected chi connectivity index (χ0v) is 13.8. The zero-order chi connectivity index (χ0) is 16.4. The molecule has 1 heterocycles. The van der Waals surface area contributed by atoms with Crippen molar-refractivity contribution in [2.24, 2.45) is 0 Å². The van der Waals surface area contributed by atoms with Crippen LogP contribution in [0, 0.1) is 0 Å². The van der Waals surface area contributed by atoms with E-state index in [0.717, 1.165) is 12.1 Å². The molecule has 1 fully saturated rings. The van der Waals surface area contributed by atoms with Crippen molar-refractivity contribution in [3.63, 3.8) is 0 Å². The van der Waals surface area contributed by atoms with E-state index >= 15 is 0 Å². The number of benzene rings is 2. The van der Waals surface area contributed by atoms with Gasteiger partial charge in [0.05, 0.1) is 4.90 Å². The van der Waals surface area contributed by atoms with E-state index in [0.29, 0.717) is 23.7 Å². The van der Waals surface area contributed by atoms with E-state index in [2.05, 4.69) is 4.72 Å². The summed E-state index contributed by atoms with van der Waals surface area (Å²) in [5, 5.41) is 0.476. The summed E-state index contributed by atoms with van der Waals surface area (Å²) < 4.78 is 27.1. The largest absolute Gasteiger partial charge is 0.312 e. The zero-order valence-electron chi connectivity index (χ0n) is 12.2. The second-order valence-electron chi connectivity index (χ2n) is 5.26. The van der Waals surface area contributed by atoms with Crippen LogP contribution in [-0.2, 0) is 14.8 Å². The molecule has 1 aliphatic heterocycles. The molecular weight excluding hydrogens is 336 g/mol. The highest BCUT2D eigenvalue weighted by Gasteiger charge is 2.21. The lowest BCUT2D eigenvalue weighted by Crippen LogP contribution is -2.23. The predicted molar refractivity (Wildman–Crippen MR) is 90.3 cm³/mol. The van der Waals surface area contributed by atoms with Gasteiger partial charge in [0.15, 0.2) is 0 Å². The molecule has 2 aromatic rings. The van der Waals surface area contributed by atoms with Crippen LogP contribution >= 0.6 is 11.6 Å². The number of amides is 1. The fraction of sp³-hybridized carbons (Fsp3) is 0.188. The van der Waals surface area contributed by atoms with E-state index in [1.807, 2.05) is 0 Å². The molecule has 0 unspecified atom stereocenters. The molecule has 7 heteroatoms. The summed E-state index contributed by atoms with van der Waals surface area (Å²) in [6.45, 7) is 0.703. The summed E-state index contributed by atoms with van der Waals surface area (Å²) in [6.07, 6.45) is 1.41. The van der Waals surface area contributed by atoms with Gasteiger partial charge in [-0.1, -0.05) is 11.6 Å². The number of nitrogens with zero attached hydrogens (tertiary/aromatic N) is 1. The van der Waals surface area contributed by atoms with Crippen molar-refractivity contribution in [3.05, 3.63) is 53.6 Å². The van der Waals surface area contributed by atoms with E-state index in [-0.39, 0.29) is 10.8 Å². The molecule has 2 aromatic carbocycles. The van der Waals surface area contributed by atoms with Gasteiger partial charge >= 0.3 is 0 Å². The van der Waals surface area contributed by atoms with Crippen molar-refractivity contribution in [2.45, 2.75) is 17.7 Å². The SMILES string of the molecule is O=C1CCCN1c1ccc(NS(=O)(=O)c2ccc(Cl)cc2)cc1. The predicted octanol–water partition coefficient (Wildman–Crippen LogP) is 3.27. The smallest absolute Gasteiger partial charge is 0.261 e. The third-order valence-electron chi connectivity index (χ3n) is 3.63. The Morgan fingerprint density at radius 3 is 2.22 bits per heavy atom. The van der Waals surface area contributed by atoms with Crippen LogP contribution in [0.25, 0.3) is 0 Å². The molecular formula is C16H15ClN2O3S. The fourth-order valence-electron chi connectivity index (χ4n) is 2.46. The highest BCUT2D eigenvalue weighted by molar-refractivity contribution is 7.92. The summed E-state index contributed by atoms with van der Waals surface area (Å²) in [5.74, 6) is 0.0968. The standard InChI is InChI=1S/C16H15ClN2O3S/c17-12-3-9-15(10-4-12)23(21,22)18-13-5-7-14(8-6-13)19-11-1-2-16(19)20/h3-10,18H,1-2,11H2. The molecule has 0 aliphatic carbocycles. The maximum atomic E-state index is 12.3. The summed E-state index contributed by atoms with van der Waals surface area (Å²) in [7, 11) is -3.66. The number of hydrogen-bond acceptors (Lipinski definition) is 3. The quantitative estimate of drug-likeness (QED) is 0.920. The average molecular weight is 351 g/mol. The number of halogens is 1. The van der Waals surface area contributed by atoms with Gasteiger partial charge in [0.25, 0.3) is 10.0 Å². The molecule has 5 nitrogen and oxygen atoms in total. The molecule has 1 saturated heterocycles. The van der Waals surface area contributed by atoms with Gasteiger partial charge < -0.3 is 4.90 Å². The van der Waals surface area contributed by atoms with E-state index in [9.17, 15) is 13.2 Å². The Kier molecular flexibility index (Phi) is 4.28. The van der Waals surface area contributed by atoms with Crippen LogP contribution in [0.15, 0.2) is 53.4 Å². The number of carbonyl (C=O) groups excluding carboxylic acids is 1. The number of hydrogen-bond donors (Lipinski definition) is 1. The third kappa shape index (κ3) is 3.48. The lowest BCUT2D eigenvalue weighted by molar-refractivity contribution is -0.117. The molecule has 0 radical (unpaired) electrons. The molecule has 0 saturated carbocycles. The molecule has 1 amide bonds. The minimum atomic E-state index is -3.66. The van der Waals surface area contributed by atoms with Crippen molar-refractivity contribution < 1.29 is 13.2 Å². The van der Waals surface area contributed by atoms with Crippen molar-refractivity contribution in [1.29, 1.82) is 0 Å². The van der Waals surface area contributed by atoms with Crippen LogP contribution in [0.4, 0.5) is 11.4 Å². The molecule has 0 atom stereocenters. The molecule has 0 spiro atoms.